The van der Waals surface area contributed by atoms with Crippen molar-refractivity contribution < 1.29 is 17.9 Å². The zero-order valence-corrected chi connectivity index (χ0v) is 14.6. The Labute approximate surface area is 134 Å². The maximum absolute atomic E-state index is 12.2. The Bertz CT molecular complexity index is 564. The van der Waals surface area contributed by atoms with Gasteiger partial charge in [0.05, 0.1) is 13.7 Å². The molecule has 0 saturated carbocycles. The number of sulfonamides is 1. The first-order valence-electron chi connectivity index (χ1n) is 6.62. The Morgan fingerprint density at radius 3 is 2.67 bits per heavy atom. The molecule has 1 aromatic rings. The van der Waals surface area contributed by atoms with Gasteiger partial charge in [-0.15, -0.1) is 0 Å². The molecule has 0 fully saturated rings. The van der Waals surface area contributed by atoms with Crippen molar-refractivity contribution in [2.75, 3.05) is 32.6 Å². The molecule has 21 heavy (non-hydrogen) atoms. The van der Waals surface area contributed by atoms with E-state index in [1.807, 2.05) is 0 Å². The van der Waals surface area contributed by atoms with Gasteiger partial charge < -0.3 is 15.2 Å². The van der Waals surface area contributed by atoms with Crippen LogP contribution in [0.15, 0.2) is 21.5 Å². The molecule has 1 rings (SSSR count). The van der Waals surface area contributed by atoms with Gasteiger partial charge in [0.25, 0.3) is 0 Å². The van der Waals surface area contributed by atoms with Gasteiger partial charge in [-0.05, 0) is 34.5 Å². The van der Waals surface area contributed by atoms with Crippen LogP contribution in [-0.4, -0.2) is 35.3 Å². The number of halogens is 1. The number of nitrogens with one attached hydrogen (secondary N) is 1. The van der Waals surface area contributed by atoms with E-state index in [1.165, 1.54) is 19.2 Å². The summed E-state index contributed by atoms with van der Waals surface area (Å²) in [6.07, 6.45) is 2.00. The fourth-order valence-corrected chi connectivity index (χ4v) is 3.11. The maximum atomic E-state index is 12.2. The monoisotopic (exact) mass is 380 g/mol. The molecule has 0 bridgehead atoms. The predicted molar refractivity (Wildman–Crippen MR) is 86.0 cm³/mol. The van der Waals surface area contributed by atoms with Crippen LogP contribution in [0.1, 0.15) is 19.8 Å². The maximum Gasteiger partial charge on any atom is 0.244 e. The molecule has 1 aromatic carbocycles. The smallest absolute Gasteiger partial charge is 0.244 e. The lowest BCUT2D eigenvalue weighted by molar-refractivity contribution is 0.136. The summed E-state index contributed by atoms with van der Waals surface area (Å²) >= 11 is 3.24. The van der Waals surface area contributed by atoms with Crippen LogP contribution in [0.2, 0.25) is 0 Å². The zero-order valence-electron chi connectivity index (χ0n) is 12.2. The summed E-state index contributed by atoms with van der Waals surface area (Å²) in [5, 5.41) is 0. The van der Waals surface area contributed by atoms with Crippen molar-refractivity contribution in [1.29, 1.82) is 0 Å². The van der Waals surface area contributed by atoms with Gasteiger partial charge in [-0.1, -0.05) is 13.3 Å². The molecule has 0 heterocycles. The molecule has 120 valence electrons. The fourth-order valence-electron chi connectivity index (χ4n) is 1.59. The van der Waals surface area contributed by atoms with E-state index in [1.54, 1.807) is 0 Å². The number of benzene rings is 1. The first-order valence-corrected chi connectivity index (χ1v) is 8.90. The molecule has 0 amide bonds. The van der Waals surface area contributed by atoms with Gasteiger partial charge >= 0.3 is 0 Å². The third kappa shape index (κ3) is 5.46. The summed E-state index contributed by atoms with van der Waals surface area (Å²) < 4.78 is 38.0. The lowest BCUT2D eigenvalue weighted by Gasteiger charge is -2.12. The average Bonchev–Trinajstić information content (AvgIpc) is 2.45. The minimum absolute atomic E-state index is 0.0132. The number of rotatable bonds is 9. The predicted octanol–water partition coefficient (Wildman–Crippen LogP) is 2.13. The van der Waals surface area contributed by atoms with Crippen molar-refractivity contribution in [2.24, 2.45) is 0 Å². The van der Waals surface area contributed by atoms with Crippen LogP contribution < -0.4 is 15.2 Å². The molecule has 0 aliphatic rings. The number of anilines is 1. The first kappa shape index (κ1) is 18.2. The van der Waals surface area contributed by atoms with Gasteiger partial charge in [-0.3, -0.25) is 0 Å². The zero-order chi connectivity index (χ0) is 15.9. The fraction of sp³-hybridized carbons (Fsp3) is 0.538. The van der Waals surface area contributed by atoms with Crippen LogP contribution in [0, 0.1) is 0 Å². The van der Waals surface area contributed by atoms with Gasteiger partial charge in [0, 0.05) is 23.3 Å². The Morgan fingerprint density at radius 2 is 2.05 bits per heavy atom. The van der Waals surface area contributed by atoms with Gasteiger partial charge in [0.15, 0.2) is 0 Å². The number of nitrogen functional groups attached to an aromatic ring is 1. The normalized spacial score (nSPS) is 11.6. The SMILES string of the molecule is CCCCOCCNS(=O)(=O)c1cc(N)c(Br)cc1OC. The Balaban J connectivity index is 2.72. The Kier molecular flexibility index (Phi) is 7.44. The topological polar surface area (TPSA) is 90.7 Å². The molecule has 3 N–H and O–H groups in total. The largest absolute Gasteiger partial charge is 0.495 e. The van der Waals surface area contributed by atoms with E-state index in [9.17, 15) is 8.42 Å². The van der Waals surface area contributed by atoms with Crippen molar-refractivity contribution in [3.05, 3.63) is 16.6 Å². The van der Waals surface area contributed by atoms with E-state index in [-0.39, 0.29) is 17.2 Å². The first-order chi connectivity index (χ1) is 9.92. The minimum Gasteiger partial charge on any atom is -0.495 e. The second-order valence-corrected chi connectivity index (χ2v) is 6.98. The van der Waals surface area contributed by atoms with Crippen molar-refractivity contribution in [3.8, 4) is 5.75 Å². The lowest BCUT2D eigenvalue weighted by atomic mass is 10.3. The molecular weight excluding hydrogens is 360 g/mol. The van der Waals surface area contributed by atoms with E-state index in [0.717, 1.165) is 12.8 Å². The van der Waals surface area contributed by atoms with Crippen LogP contribution in [0.4, 0.5) is 5.69 Å². The van der Waals surface area contributed by atoms with Gasteiger partial charge in [0.2, 0.25) is 10.0 Å². The number of hydrogen-bond donors (Lipinski definition) is 2. The van der Waals surface area contributed by atoms with E-state index in [0.29, 0.717) is 23.4 Å². The molecule has 0 spiro atoms. The lowest BCUT2D eigenvalue weighted by Crippen LogP contribution is -2.28. The molecule has 8 heteroatoms. The number of methoxy groups -OCH3 is 1. The van der Waals surface area contributed by atoms with E-state index in [2.05, 4.69) is 27.6 Å². The molecule has 0 unspecified atom stereocenters. The van der Waals surface area contributed by atoms with Crippen molar-refractivity contribution in [2.45, 2.75) is 24.7 Å². The molecular formula is C13H21BrN2O4S. The van der Waals surface area contributed by atoms with Gasteiger partial charge in [-0.2, -0.15) is 0 Å². The number of unbranched alkanes of at least 4 members (excludes halogenated alkanes) is 1. The third-order valence-electron chi connectivity index (χ3n) is 2.75. The summed E-state index contributed by atoms with van der Waals surface area (Å²) in [6.45, 7) is 3.22. The molecule has 0 atom stereocenters. The minimum atomic E-state index is -3.69. The van der Waals surface area contributed by atoms with Gasteiger partial charge in [0.1, 0.15) is 10.6 Å². The van der Waals surface area contributed by atoms with Crippen LogP contribution in [-0.2, 0) is 14.8 Å². The van der Waals surface area contributed by atoms with E-state index < -0.39 is 10.0 Å². The summed E-state index contributed by atoms with van der Waals surface area (Å²) in [5.41, 5.74) is 6.06. The van der Waals surface area contributed by atoms with Crippen molar-refractivity contribution in [3.63, 3.8) is 0 Å². The Hall–Kier alpha value is -0.830. The van der Waals surface area contributed by atoms with Crippen molar-refractivity contribution >= 4 is 31.6 Å². The van der Waals surface area contributed by atoms with Gasteiger partial charge in [-0.25, -0.2) is 13.1 Å². The summed E-state index contributed by atoms with van der Waals surface area (Å²) in [7, 11) is -2.28. The summed E-state index contributed by atoms with van der Waals surface area (Å²) in [5.74, 6) is 0.232. The number of hydrogen-bond acceptors (Lipinski definition) is 5. The Morgan fingerprint density at radius 1 is 1.33 bits per heavy atom. The molecule has 0 aliphatic heterocycles. The molecule has 6 nitrogen and oxygen atoms in total. The molecule has 0 aliphatic carbocycles. The van der Waals surface area contributed by atoms with E-state index in [4.69, 9.17) is 15.2 Å². The highest BCUT2D eigenvalue weighted by atomic mass is 79.9. The number of nitrogens with two attached hydrogens (primary N) is 1. The average molecular weight is 381 g/mol. The van der Waals surface area contributed by atoms with Crippen molar-refractivity contribution in [1.82, 2.24) is 4.72 Å². The summed E-state index contributed by atoms with van der Waals surface area (Å²) in [4.78, 5) is 0.0132. The highest BCUT2D eigenvalue weighted by Crippen LogP contribution is 2.32. The molecule has 0 aromatic heterocycles. The second kappa shape index (κ2) is 8.57. The third-order valence-corrected chi connectivity index (χ3v) is 4.92. The van der Waals surface area contributed by atoms with Crippen LogP contribution in [0.3, 0.4) is 0 Å². The van der Waals surface area contributed by atoms with Crippen LogP contribution in [0.5, 0.6) is 5.75 Å². The van der Waals surface area contributed by atoms with Crippen LogP contribution in [0.25, 0.3) is 0 Å². The molecule has 0 saturated heterocycles. The van der Waals surface area contributed by atoms with Crippen LogP contribution >= 0.6 is 15.9 Å². The summed E-state index contributed by atoms with van der Waals surface area (Å²) in [6, 6.07) is 2.89. The number of ether oxygens (including phenoxy) is 2. The van der Waals surface area contributed by atoms with E-state index >= 15 is 0 Å². The molecule has 0 radical (unpaired) electrons. The standard InChI is InChI=1S/C13H21BrN2O4S/c1-3-4-6-20-7-5-16-21(17,18)13-9-11(15)10(14)8-12(13)19-2/h8-9,16H,3-7,15H2,1-2H3. The second-order valence-electron chi connectivity index (χ2n) is 4.39. The highest BCUT2D eigenvalue weighted by Gasteiger charge is 2.20. The quantitative estimate of drug-likeness (QED) is 0.505. The highest BCUT2D eigenvalue weighted by molar-refractivity contribution is 9.10.